The Morgan fingerprint density at radius 3 is 2.52 bits per heavy atom. The van der Waals surface area contributed by atoms with Gasteiger partial charge in [-0.2, -0.15) is 0 Å². The summed E-state index contributed by atoms with van der Waals surface area (Å²) in [5.74, 6) is -1.05. The van der Waals surface area contributed by atoms with E-state index >= 15 is 0 Å². The van der Waals surface area contributed by atoms with Crippen molar-refractivity contribution in [2.45, 2.75) is 26.4 Å². The van der Waals surface area contributed by atoms with Crippen molar-refractivity contribution in [2.24, 2.45) is 7.05 Å². The van der Waals surface area contributed by atoms with Crippen LogP contribution in [0.25, 0.3) is 11.1 Å². The molecule has 0 aliphatic heterocycles. The van der Waals surface area contributed by atoms with E-state index in [1.165, 1.54) is 10.6 Å². The number of halogens is 2. The summed E-state index contributed by atoms with van der Waals surface area (Å²) in [4.78, 5) is 15.5. The monoisotopic (exact) mass is 413 g/mol. The molecule has 0 aliphatic carbocycles. The number of aromatic nitrogens is 1. The molecule has 1 N–H and O–H groups in total. The van der Waals surface area contributed by atoms with Crippen molar-refractivity contribution in [2.75, 3.05) is 4.98 Å². The van der Waals surface area contributed by atoms with Crippen LogP contribution in [-0.2, 0) is 7.05 Å². The first kappa shape index (κ1) is 20.8. The summed E-state index contributed by atoms with van der Waals surface area (Å²) in [6, 6.07) is 11.6. The predicted molar refractivity (Wildman–Crippen MR) is 114 cm³/mol. The predicted octanol–water partition coefficient (Wildman–Crippen LogP) is 5.48. The van der Waals surface area contributed by atoms with Gasteiger partial charge in [-0.25, -0.2) is 8.78 Å². The number of pyridine rings is 1. The molecule has 0 bridgehead atoms. The Balaban J connectivity index is 2.07. The molecule has 29 heavy (non-hydrogen) atoms. The summed E-state index contributed by atoms with van der Waals surface area (Å²) in [7, 11) is 0.916. The maximum absolute atomic E-state index is 14.1. The molecule has 2 aromatic carbocycles. The van der Waals surface area contributed by atoms with Gasteiger partial charge in [0.05, 0.1) is 0 Å². The molecule has 3 aromatic rings. The maximum atomic E-state index is 14.1. The van der Waals surface area contributed by atoms with Crippen LogP contribution in [0.5, 0.6) is 11.5 Å². The van der Waals surface area contributed by atoms with Crippen LogP contribution >= 0.6 is 0 Å². The van der Waals surface area contributed by atoms with Crippen LogP contribution in [0, 0.1) is 18.6 Å². The van der Waals surface area contributed by atoms with E-state index in [0.29, 0.717) is 11.3 Å². The highest BCUT2D eigenvalue weighted by atomic mass is 28.3. The number of nitrogens with zero attached hydrogens (tertiary/aromatic N) is 1. The van der Waals surface area contributed by atoms with E-state index in [1.54, 1.807) is 32.3 Å². The smallest absolute Gasteiger partial charge is 0.253 e. The van der Waals surface area contributed by atoms with E-state index in [2.05, 4.69) is 18.5 Å². The summed E-state index contributed by atoms with van der Waals surface area (Å²) in [6.45, 7) is 6.05. The molecule has 1 heterocycles. The van der Waals surface area contributed by atoms with E-state index in [4.69, 9.17) is 4.74 Å². The number of aryl methyl sites for hydroxylation is 2. The summed E-state index contributed by atoms with van der Waals surface area (Å²) < 4.78 is 34.5. The maximum Gasteiger partial charge on any atom is 0.253 e. The SMILES string of the molecule is CC[Si](C)Nc1cc(Oc2ccc(F)cc2F)cc(-c2cc(C)c(=O)n(C)c2)c1. The third-order valence-corrected chi connectivity index (χ3v) is 6.39. The van der Waals surface area contributed by atoms with Crippen LogP contribution in [0.3, 0.4) is 0 Å². The lowest BCUT2D eigenvalue weighted by atomic mass is 10.0. The van der Waals surface area contributed by atoms with Crippen molar-refractivity contribution in [3.63, 3.8) is 0 Å². The molecule has 3 rings (SSSR count). The van der Waals surface area contributed by atoms with Crippen LogP contribution in [0.4, 0.5) is 14.5 Å². The highest BCUT2D eigenvalue weighted by molar-refractivity contribution is 6.60. The Morgan fingerprint density at radius 1 is 1.10 bits per heavy atom. The van der Waals surface area contributed by atoms with E-state index in [9.17, 15) is 13.6 Å². The second kappa shape index (κ2) is 8.61. The lowest BCUT2D eigenvalue weighted by Crippen LogP contribution is -2.19. The minimum absolute atomic E-state index is 0.0522. The normalized spacial score (nSPS) is 11.0. The lowest BCUT2D eigenvalue weighted by molar-refractivity contribution is 0.438. The van der Waals surface area contributed by atoms with Crippen molar-refractivity contribution in [1.29, 1.82) is 0 Å². The van der Waals surface area contributed by atoms with Crippen LogP contribution in [0.1, 0.15) is 12.5 Å². The van der Waals surface area contributed by atoms with Gasteiger partial charge in [0, 0.05) is 36.6 Å². The number of hydrogen-bond acceptors (Lipinski definition) is 3. The third kappa shape index (κ3) is 4.92. The molecular weight excluding hydrogens is 390 g/mol. The van der Waals surface area contributed by atoms with Gasteiger partial charge in [0.15, 0.2) is 20.5 Å². The van der Waals surface area contributed by atoms with Gasteiger partial charge >= 0.3 is 0 Å². The summed E-state index contributed by atoms with van der Waals surface area (Å²) >= 11 is 0. The molecule has 0 saturated carbocycles. The number of rotatable bonds is 6. The largest absolute Gasteiger partial charge is 0.454 e. The van der Waals surface area contributed by atoms with E-state index in [0.717, 1.165) is 35.0 Å². The molecule has 0 saturated heterocycles. The number of ether oxygens (including phenoxy) is 1. The van der Waals surface area contributed by atoms with Gasteiger partial charge in [-0.1, -0.05) is 13.5 Å². The average Bonchev–Trinajstić information content (AvgIpc) is 2.67. The number of hydrogen-bond donors (Lipinski definition) is 1. The van der Waals surface area contributed by atoms with Crippen molar-refractivity contribution >= 4 is 14.6 Å². The molecule has 0 aliphatic rings. The average molecular weight is 414 g/mol. The molecule has 1 aromatic heterocycles. The fourth-order valence-corrected chi connectivity index (χ4v) is 3.77. The molecule has 4 nitrogen and oxygen atoms in total. The topological polar surface area (TPSA) is 43.3 Å². The van der Waals surface area contributed by atoms with Gasteiger partial charge < -0.3 is 14.3 Å². The first-order valence-corrected chi connectivity index (χ1v) is 11.5. The zero-order valence-electron chi connectivity index (χ0n) is 16.8. The number of anilines is 1. The second-order valence-corrected chi connectivity index (χ2v) is 9.53. The third-order valence-electron chi connectivity index (χ3n) is 4.61. The number of nitrogens with one attached hydrogen (secondary N) is 1. The van der Waals surface area contributed by atoms with Crippen molar-refractivity contribution in [1.82, 2.24) is 4.57 Å². The minimum Gasteiger partial charge on any atom is -0.454 e. The Hall–Kier alpha value is -2.93. The van der Waals surface area contributed by atoms with E-state index in [1.807, 2.05) is 12.1 Å². The molecule has 0 unspecified atom stereocenters. The van der Waals surface area contributed by atoms with Gasteiger partial charge in [0.1, 0.15) is 11.6 Å². The summed E-state index contributed by atoms with van der Waals surface area (Å²) in [5, 5.41) is 0. The molecule has 151 valence electrons. The van der Waals surface area contributed by atoms with Crippen molar-refractivity contribution in [3.8, 4) is 22.6 Å². The van der Waals surface area contributed by atoms with Gasteiger partial charge in [0.2, 0.25) is 0 Å². The second-order valence-electron chi connectivity index (χ2n) is 7.01. The van der Waals surface area contributed by atoms with E-state index in [-0.39, 0.29) is 11.3 Å². The van der Waals surface area contributed by atoms with Gasteiger partial charge in [-0.3, -0.25) is 4.79 Å². The summed E-state index contributed by atoms with van der Waals surface area (Å²) in [6.07, 6.45) is 1.76. The Labute approximate surface area is 170 Å². The molecule has 0 atom stereocenters. The minimum atomic E-state index is -0.789. The zero-order chi connectivity index (χ0) is 21.1. The van der Waals surface area contributed by atoms with Crippen LogP contribution in [0.2, 0.25) is 12.6 Å². The van der Waals surface area contributed by atoms with Crippen LogP contribution < -0.4 is 15.3 Å². The van der Waals surface area contributed by atoms with Crippen molar-refractivity contribution in [3.05, 3.63) is 76.2 Å². The Morgan fingerprint density at radius 2 is 1.86 bits per heavy atom. The highest BCUT2D eigenvalue weighted by Crippen LogP contribution is 2.32. The quantitative estimate of drug-likeness (QED) is 0.544. The summed E-state index contributed by atoms with van der Waals surface area (Å²) in [5.41, 5.74) is 3.10. The van der Waals surface area contributed by atoms with Crippen molar-refractivity contribution < 1.29 is 13.5 Å². The fourth-order valence-electron chi connectivity index (χ4n) is 2.95. The Kier molecular flexibility index (Phi) is 6.17. The molecular formula is C22H23F2N2O2Si. The fraction of sp³-hybridized carbons (Fsp3) is 0.227. The number of benzene rings is 2. The van der Waals surface area contributed by atoms with Crippen LogP contribution in [-0.4, -0.2) is 13.5 Å². The first-order valence-electron chi connectivity index (χ1n) is 9.32. The van der Waals surface area contributed by atoms with Gasteiger partial charge in [0.25, 0.3) is 5.56 Å². The Bertz CT molecular complexity index is 1070. The lowest BCUT2D eigenvalue weighted by Gasteiger charge is -2.16. The van der Waals surface area contributed by atoms with Gasteiger partial charge in [-0.05, 0) is 54.4 Å². The molecule has 0 amide bonds. The van der Waals surface area contributed by atoms with E-state index < -0.39 is 20.6 Å². The molecule has 0 fully saturated rings. The standard InChI is InChI=1S/C22H23F2N2O2Si/c1-5-29(4)25-18-9-15(16-8-14(2)22(27)26(3)13-16)10-19(12-18)28-21-7-6-17(23)11-20(21)24/h6-13,25H,5H2,1-4H3. The first-order chi connectivity index (χ1) is 13.8. The molecule has 0 spiro atoms. The molecule has 7 heteroatoms. The van der Waals surface area contributed by atoms with Gasteiger partial charge in [-0.15, -0.1) is 0 Å². The van der Waals surface area contributed by atoms with Crippen LogP contribution in [0.15, 0.2) is 53.5 Å². The zero-order valence-corrected chi connectivity index (χ0v) is 17.8. The molecule has 1 radical (unpaired) electrons. The highest BCUT2D eigenvalue weighted by Gasteiger charge is 2.12.